The quantitative estimate of drug-likeness (QED) is 0.834. The third kappa shape index (κ3) is 3.31. The zero-order valence-corrected chi connectivity index (χ0v) is 11.5. The number of hydrogen-bond acceptors (Lipinski definition) is 3. The highest BCUT2D eigenvalue weighted by molar-refractivity contribution is 5.81. The molecule has 0 saturated carbocycles. The molecule has 100 valence electrons. The summed E-state index contributed by atoms with van der Waals surface area (Å²) >= 11 is 0. The number of aliphatic hydroxyl groups excluding tert-OH is 1. The van der Waals surface area contributed by atoms with Crippen molar-refractivity contribution in [3.63, 3.8) is 0 Å². The molecule has 0 heterocycles. The molecule has 1 amide bonds. The van der Waals surface area contributed by atoms with Gasteiger partial charge in [0.05, 0.1) is 6.61 Å². The standard InChI is InChI=1S/C14H22N2O2/c1-9-5-10(2)12(11(3)6-9)7-16(4)14(18)13(15)8-17/h5-6,13,17H,7-8,15H2,1-4H3. The molecule has 1 unspecified atom stereocenters. The van der Waals surface area contributed by atoms with Crippen molar-refractivity contribution in [2.24, 2.45) is 5.73 Å². The number of rotatable bonds is 4. The predicted molar refractivity (Wildman–Crippen MR) is 72.2 cm³/mol. The molecule has 0 aromatic heterocycles. The fourth-order valence-corrected chi connectivity index (χ4v) is 2.14. The van der Waals surface area contributed by atoms with Crippen molar-refractivity contribution in [2.45, 2.75) is 33.4 Å². The number of carbonyl (C=O) groups is 1. The van der Waals surface area contributed by atoms with Gasteiger partial charge in [-0.25, -0.2) is 0 Å². The van der Waals surface area contributed by atoms with Crippen LogP contribution in [0.5, 0.6) is 0 Å². The first-order chi connectivity index (χ1) is 8.36. The van der Waals surface area contributed by atoms with Crippen LogP contribution in [0.25, 0.3) is 0 Å². The van der Waals surface area contributed by atoms with Crippen molar-refractivity contribution in [1.29, 1.82) is 0 Å². The van der Waals surface area contributed by atoms with E-state index in [4.69, 9.17) is 10.8 Å². The topological polar surface area (TPSA) is 66.6 Å². The van der Waals surface area contributed by atoms with Gasteiger partial charge in [-0.3, -0.25) is 4.79 Å². The second-order valence-corrected chi connectivity index (χ2v) is 4.86. The number of likely N-dealkylation sites (N-methyl/N-ethyl adjacent to an activating group) is 1. The van der Waals surface area contributed by atoms with Gasteiger partial charge in [0.25, 0.3) is 0 Å². The first-order valence-electron chi connectivity index (χ1n) is 6.05. The lowest BCUT2D eigenvalue weighted by atomic mass is 9.99. The van der Waals surface area contributed by atoms with E-state index in [1.54, 1.807) is 11.9 Å². The first kappa shape index (κ1) is 14.7. The Balaban J connectivity index is 2.88. The summed E-state index contributed by atoms with van der Waals surface area (Å²) in [6.45, 7) is 6.33. The molecule has 1 aromatic carbocycles. The molecule has 0 spiro atoms. The smallest absolute Gasteiger partial charge is 0.241 e. The van der Waals surface area contributed by atoms with Gasteiger partial charge < -0.3 is 15.7 Å². The van der Waals surface area contributed by atoms with Crippen LogP contribution in [-0.2, 0) is 11.3 Å². The lowest BCUT2D eigenvalue weighted by Crippen LogP contribution is -2.43. The number of amides is 1. The Morgan fingerprint density at radius 1 is 1.33 bits per heavy atom. The Morgan fingerprint density at radius 3 is 2.28 bits per heavy atom. The fourth-order valence-electron chi connectivity index (χ4n) is 2.14. The van der Waals surface area contributed by atoms with E-state index in [9.17, 15) is 4.79 Å². The third-order valence-electron chi connectivity index (χ3n) is 3.13. The summed E-state index contributed by atoms with van der Waals surface area (Å²) in [6, 6.07) is 3.38. The summed E-state index contributed by atoms with van der Waals surface area (Å²) in [5, 5.41) is 8.89. The maximum atomic E-state index is 11.8. The molecule has 4 nitrogen and oxygen atoms in total. The largest absolute Gasteiger partial charge is 0.394 e. The molecular weight excluding hydrogens is 228 g/mol. The first-order valence-corrected chi connectivity index (χ1v) is 6.05. The van der Waals surface area contributed by atoms with Crippen molar-refractivity contribution < 1.29 is 9.90 Å². The molecule has 0 aliphatic rings. The average molecular weight is 250 g/mol. The van der Waals surface area contributed by atoms with Crippen LogP contribution in [0.3, 0.4) is 0 Å². The van der Waals surface area contributed by atoms with Gasteiger partial charge in [0, 0.05) is 13.6 Å². The predicted octanol–water partition coefficient (Wildman–Crippen LogP) is 0.890. The summed E-state index contributed by atoms with van der Waals surface area (Å²) in [7, 11) is 1.70. The van der Waals surface area contributed by atoms with Crippen LogP contribution in [0.4, 0.5) is 0 Å². The molecule has 3 N–H and O–H groups in total. The summed E-state index contributed by atoms with van der Waals surface area (Å²) in [5.41, 5.74) is 10.2. The molecule has 1 atom stereocenters. The molecule has 0 bridgehead atoms. The second-order valence-electron chi connectivity index (χ2n) is 4.86. The van der Waals surface area contributed by atoms with E-state index in [1.807, 2.05) is 13.8 Å². The minimum absolute atomic E-state index is 0.239. The lowest BCUT2D eigenvalue weighted by molar-refractivity contribution is -0.132. The van der Waals surface area contributed by atoms with E-state index in [2.05, 4.69) is 19.1 Å². The number of aryl methyl sites for hydroxylation is 3. The normalized spacial score (nSPS) is 12.3. The zero-order chi connectivity index (χ0) is 13.9. The second kappa shape index (κ2) is 5.98. The van der Waals surface area contributed by atoms with Crippen LogP contribution in [0.1, 0.15) is 22.3 Å². The number of carbonyl (C=O) groups excluding carboxylic acids is 1. The number of benzene rings is 1. The van der Waals surface area contributed by atoms with E-state index in [0.29, 0.717) is 6.54 Å². The monoisotopic (exact) mass is 250 g/mol. The van der Waals surface area contributed by atoms with Crippen molar-refractivity contribution >= 4 is 5.91 Å². The van der Waals surface area contributed by atoms with Crippen LogP contribution in [-0.4, -0.2) is 35.6 Å². The maximum absolute atomic E-state index is 11.8. The molecule has 1 rings (SSSR count). The Labute approximate surface area is 108 Å². The molecule has 0 saturated heterocycles. The van der Waals surface area contributed by atoms with Crippen molar-refractivity contribution in [2.75, 3.05) is 13.7 Å². The molecular formula is C14H22N2O2. The van der Waals surface area contributed by atoms with Gasteiger partial charge in [0.1, 0.15) is 6.04 Å². The van der Waals surface area contributed by atoms with Gasteiger partial charge >= 0.3 is 0 Å². The minimum atomic E-state index is -0.832. The number of nitrogens with two attached hydrogens (primary N) is 1. The minimum Gasteiger partial charge on any atom is -0.394 e. The Bertz CT molecular complexity index is 420. The highest BCUT2D eigenvalue weighted by Crippen LogP contribution is 2.18. The van der Waals surface area contributed by atoms with E-state index in [1.165, 1.54) is 16.7 Å². The maximum Gasteiger partial charge on any atom is 0.241 e. The SMILES string of the molecule is Cc1cc(C)c(CN(C)C(=O)C(N)CO)c(C)c1. The number of hydrogen-bond donors (Lipinski definition) is 2. The molecule has 0 radical (unpaired) electrons. The summed E-state index contributed by atoms with van der Waals surface area (Å²) in [4.78, 5) is 13.4. The summed E-state index contributed by atoms with van der Waals surface area (Å²) in [6.07, 6.45) is 0. The van der Waals surface area contributed by atoms with E-state index in [-0.39, 0.29) is 12.5 Å². The van der Waals surface area contributed by atoms with Crippen molar-refractivity contribution in [1.82, 2.24) is 4.90 Å². The van der Waals surface area contributed by atoms with Gasteiger partial charge in [0.2, 0.25) is 5.91 Å². The summed E-state index contributed by atoms with van der Waals surface area (Å²) in [5.74, 6) is -0.239. The fraction of sp³-hybridized carbons (Fsp3) is 0.500. The molecule has 0 aliphatic heterocycles. The molecule has 0 aliphatic carbocycles. The third-order valence-corrected chi connectivity index (χ3v) is 3.13. The lowest BCUT2D eigenvalue weighted by Gasteiger charge is -2.22. The van der Waals surface area contributed by atoms with Gasteiger partial charge in [-0.15, -0.1) is 0 Å². The van der Waals surface area contributed by atoms with Crippen LogP contribution >= 0.6 is 0 Å². The van der Waals surface area contributed by atoms with Crippen molar-refractivity contribution in [3.05, 3.63) is 34.4 Å². The van der Waals surface area contributed by atoms with Gasteiger partial charge in [-0.2, -0.15) is 0 Å². The molecule has 4 heteroatoms. The Kier molecular flexibility index (Phi) is 4.87. The van der Waals surface area contributed by atoms with Crippen molar-refractivity contribution in [3.8, 4) is 0 Å². The Morgan fingerprint density at radius 2 is 1.83 bits per heavy atom. The van der Waals surface area contributed by atoms with Crippen LogP contribution < -0.4 is 5.73 Å². The van der Waals surface area contributed by atoms with E-state index in [0.717, 1.165) is 5.56 Å². The average Bonchev–Trinajstić information content (AvgIpc) is 2.31. The van der Waals surface area contributed by atoms with Crippen LogP contribution in [0.2, 0.25) is 0 Å². The number of nitrogens with zero attached hydrogens (tertiary/aromatic N) is 1. The molecule has 0 fully saturated rings. The van der Waals surface area contributed by atoms with Crippen LogP contribution in [0, 0.1) is 20.8 Å². The summed E-state index contributed by atoms with van der Waals surface area (Å²) < 4.78 is 0. The van der Waals surface area contributed by atoms with E-state index >= 15 is 0 Å². The van der Waals surface area contributed by atoms with Gasteiger partial charge in [0.15, 0.2) is 0 Å². The highest BCUT2D eigenvalue weighted by Gasteiger charge is 2.18. The Hall–Kier alpha value is -1.39. The highest BCUT2D eigenvalue weighted by atomic mass is 16.3. The number of aliphatic hydroxyl groups is 1. The van der Waals surface area contributed by atoms with Gasteiger partial charge in [-0.1, -0.05) is 17.7 Å². The zero-order valence-electron chi connectivity index (χ0n) is 11.5. The van der Waals surface area contributed by atoms with Gasteiger partial charge in [-0.05, 0) is 37.5 Å². The van der Waals surface area contributed by atoms with E-state index < -0.39 is 6.04 Å². The molecule has 18 heavy (non-hydrogen) atoms. The van der Waals surface area contributed by atoms with Crippen LogP contribution in [0.15, 0.2) is 12.1 Å². The molecule has 1 aromatic rings.